The minimum absolute atomic E-state index is 0.0437. The number of para-hydroxylation sites is 1. The van der Waals surface area contributed by atoms with Gasteiger partial charge in [-0.1, -0.05) is 25.1 Å². The van der Waals surface area contributed by atoms with E-state index in [1.54, 1.807) is 25.2 Å². The lowest BCUT2D eigenvalue weighted by atomic mass is 9.99. The molecule has 0 saturated heterocycles. The first-order valence-corrected chi connectivity index (χ1v) is 9.18. The summed E-state index contributed by atoms with van der Waals surface area (Å²) in [5.74, 6) is 0.865. The van der Waals surface area contributed by atoms with Gasteiger partial charge >= 0.3 is 0 Å². The fourth-order valence-electron chi connectivity index (χ4n) is 3.69. The molecule has 2 aromatic heterocycles. The molecular weight excluding hydrogens is 356 g/mol. The van der Waals surface area contributed by atoms with Gasteiger partial charge in [-0.15, -0.1) is 0 Å². The van der Waals surface area contributed by atoms with Crippen molar-refractivity contribution in [2.24, 2.45) is 0 Å². The number of hydrogen-bond acceptors (Lipinski definition) is 6. The monoisotopic (exact) mass is 378 g/mol. The Hall–Kier alpha value is -3.35. The number of hydrogen-bond donors (Lipinski definition) is 1. The van der Waals surface area contributed by atoms with E-state index < -0.39 is 0 Å². The van der Waals surface area contributed by atoms with Gasteiger partial charge in [-0.25, -0.2) is 4.98 Å². The maximum absolute atomic E-state index is 12.7. The van der Waals surface area contributed by atoms with Crippen LogP contribution in [0.25, 0.3) is 22.0 Å². The largest absolute Gasteiger partial charge is 0.481 e. The number of nitrogen functional groups attached to an aromatic ring is 1. The molecule has 0 bridgehead atoms. The van der Waals surface area contributed by atoms with Gasteiger partial charge in [0.1, 0.15) is 0 Å². The zero-order chi connectivity index (χ0) is 19.8. The average Bonchev–Trinajstić information content (AvgIpc) is 3.03. The molecule has 1 amide bonds. The number of methoxy groups -OCH3 is 2. The highest BCUT2D eigenvalue weighted by Gasteiger charge is 2.32. The third-order valence-corrected chi connectivity index (χ3v) is 4.99. The number of anilines is 1. The van der Waals surface area contributed by atoms with Gasteiger partial charge in [0.25, 0.3) is 5.91 Å². The molecule has 0 radical (unpaired) electrons. The van der Waals surface area contributed by atoms with Gasteiger partial charge < -0.3 is 20.1 Å². The van der Waals surface area contributed by atoms with Crippen molar-refractivity contribution in [2.75, 3.05) is 26.5 Å². The van der Waals surface area contributed by atoms with Crippen molar-refractivity contribution in [1.82, 2.24) is 14.9 Å². The Morgan fingerprint density at radius 1 is 1.11 bits per heavy atom. The summed E-state index contributed by atoms with van der Waals surface area (Å²) in [4.78, 5) is 23.7. The Morgan fingerprint density at radius 3 is 2.64 bits per heavy atom. The van der Waals surface area contributed by atoms with Gasteiger partial charge in [0.05, 0.1) is 43.2 Å². The molecule has 1 aliphatic rings. The van der Waals surface area contributed by atoms with Crippen molar-refractivity contribution in [1.29, 1.82) is 0 Å². The molecule has 0 spiro atoms. The van der Waals surface area contributed by atoms with Gasteiger partial charge in [0.15, 0.2) is 0 Å². The second kappa shape index (κ2) is 6.99. The molecule has 1 aliphatic heterocycles. The summed E-state index contributed by atoms with van der Waals surface area (Å²) in [6.45, 7) is 3.22. The van der Waals surface area contributed by atoms with Crippen molar-refractivity contribution in [2.45, 2.75) is 19.9 Å². The Kier molecular flexibility index (Phi) is 4.50. The number of nitrogens with zero attached hydrogens (tertiary/aromatic N) is 3. The maximum Gasteiger partial charge on any atom is 0.258 e. The van der Waals surface area contributed by atoms with Crippen molar-refractivity contribution in [3.8, 4) is 22.9 Å². The van der Waals surface area contributed by atoms with Crippen molar-refractivity contribution < 1.29 is 14.3 Å². The lowest BCUT2D eigenvalue weighted by molar-refractivity contribution is 0.0779. The third kappa shape index (κ3) is 2.70. The standard InChI is InChI=1S/C21H22N4O3/c1-4-10-25-11-15-17(21(25)26)18(22)14-7-5-6-12(19(14)23-15)13-8-9-16(27-2)24-20(13)28-3/h5-9H,4,10-11H2,1-3H3,(H2,22,23). The number of fused-ring (bicyclic) bond motifs is 2. The van der Waals surface area contributed by atoms with E-state index in [1.807, 2.05) is 31.2 Å². The molecule has 0 fully saturated rings. The highest BCUT2D eigenvalue weighted by Crippen LogP contribution is 2.39. The van der Waals surface area contributed by atoms with Crippen LogP contribution in [0.5, 0.6) is 11.8 Å². The minimum Gasteiger partial charge on any atom is -0.481 e. The number of rotatable bonds is 5. The molecule has 144 valence electrons. The SMILES string of the molecule is CCCN1Cc2nc3c(-c4ccc(OC)nc4OC)cccc3c(N)c2C1=O. The summed E-state index contributed by atoms with van der Waals surface area (Å²) in [5, 5.41) is 0.751. The fraction of sp³-hybridized carbons (Fsp3) is 0.286. The van der Waals surface area contributed by atoms with Crippen LogP contribution in [0.1, 0.15) is 29.4 Å². The van der Waals surface area contributed by atoms with Crippen LogP contribution in [-0.4, -0.2) is 41.5 Å². The van der Waals surface area contributed by atoms with E-state index in [4.69, 9.17) is 20.2 Å². The number of carbonyl (C=O) groups excluding carboxylic acids is 1. The second-order valence-corrected chi connectivity index (χ2v) is 6.69. The second-order valence-electron chi connectivity index (χ2n) is 6.69. The molecule has 7 nitrogen and oxygen atoms in total. The molecule has 2 N–H and O–H groups in total. The van der Waals surface area contributed by atoms with Gasteiger partial charge in [-0.3, -0.25) is 4.79 Å². The molecular formula is C21H22N4O3. The topological polar surface area (TPSA) is 90.6 Å². The zero-order valence-corrected chi connectivity index (χ0v) is 16.2. The van der Waals surface area contributed by atoms with Crippen LogP contribution in [0.15, 0.2) is 30.3 Å². The lowest BCUT2D eigenvalue weighted by Crippen LogP contribution is -2.24. The number of aromatic nitrogens is 2. The van der Waals surface area contributed by atoms with Gasteiger partial charge in [-0.05, 0) is 12.5 Å². The number of carbonyl (C=O) groups is 1. The molecule has 1 aromatic carbocycles. The first-order chi connectivity index (χ1) is 13.6. The highest BCUT2D eigenvalue weighted by molar-refractivity contribution is 6.11. The molecule has 28 heavy (non-hydrogen) atoms. The Morgan fingerprint density at radius 2 is 1.93 bits per heavy atom. The van der Waals surface area contributed by atoms with Crippen LogP contribution in [0.2, 0.25) is 0 Å². The van der Waals surface area contributed by atoms with E-state index in [1.165, 1.54) is 0 Å². The zero-order valence-electron chi connectivity index (χ0n) is 16.2. The first kappa shape index (κ1) is 18.0. The third-order valence-electron chi connectivity index (χ3n) is 4.99. The van der Waals surface area contributed by atoms with Gasteiger partial charge in [0, 0.05) is 29.1 Å². The van der Waals surface area contributed by atoms with E-state index in [0.717, 1.165) is 34.1 Å². The molecule has 4 rings (SSSR count). The highest BCUT2D eigenvalue weighted by atomic mass is 16.5. The van der Waals surface area contributed by atoms with Crippen LogP contribution in [0.4, 0.5) is 5.69 Å². The summed E-state index contributed by atoms with van der Waals surface area (Å²) in [6.07, 6.45) is 0.888. The Labute approximate surface area is 163 Å². The summed E-state index contributed by atoms with van der Waals surface area (Å²) in [7, 11) is 3.13. The molecule has 3 aromatic rings. The van der Waals surface area contributed by atoms with Gasteiger partial charge in [0.2, 0.25) is 11.8 Å². The van der Waals surface area contributed by atoms with Gasteiger partial charge in [-0.2, -0.15) is 4.98 Å². The predicted molar refractivity (Wildman–Crippen MR) is 108 cm³/mol. The number of ether oxygens (including phenoxy) is 2. The smallest absolute Gasteiger partial charge is 0.258 e. The Bertz CT molecular complexity index is 1080. The summed E-state index contributed by atoms with van der Waals surface area (Å²) in [6, 6.07) is 9.41. The average molecular weight is 378 g/mol. The molecule has 0 atom stereocenters. The molecule has 3 heterocycles. The van der Waals surface area contributed by atoms with Crippen LogP contribution in [-0.2, 0) is 6.54 Å². The molecule has 0 unspecified atom stereocenters. The van der Waals surface area contributed by atoms with Crippen LogP contribution in [0, 0.1) is 0 Å². The van der Waals surface area contributed by atoms with Crippen LogP contribution in [0.3, 0.4) is 0 Å². The lowest BCUT2D eigenvalue weighted by Gasteiger charge is -2.13. The maximum atomic E-state index is 12.7. The molecule has 0 saturated carbocycles. The number of nitrogens with two attached hydrogens (primary N) is 1. The minimum atomic E-state index is -0.0437. The van der Waals surface area contributed by atoms with E-state index in [-0.39, 0.29) is 5.91 Å². The molecule has 0 aliphatic carbocycles. The number of amides is 1. The Balaban J connectivity index is 1.93. The van der Waals surface area contributed by atoms with Crippen molar-refractivity contribution >= 4 is 22.5 Å². The quantitative estimate of drug-likeness (QED) is 0.733. The van der Waals surface area contributed by atoms with E-state index in [0.29, 0.717) is 36.1 Å². The predicted octanol–water partition coefficient (Wildman–Crippen LogP) is 3.26. The van der Waals surface area contributed by atoms with E-state index >= 15 is 0 Å². The summed E-state index contributed by atoms with van der Waals surface area (Å²) < 4.78 is 10.7. The van der Waals surface area contributed by atoms with E-state index in [2.05, 4.69) is 4.98 Å². The summed E-state index contributed by atoms with van der Waals surface area (Å²) >= 11 is 0. The number of pyridine rings is 2. The van der Waals surface area contributed by atoms with Crippen LogP contribution >= 0.6 is 0 Å². The summed E-state index contributed by atoms with van der Waals surface area (Å²) in [5.41, 5.74) is 10.5. The fourth-order valence-corrected chi connectivity index (χ4v) is 3.69. The molecule has 7 heteroatoms. The first-order valence-electron chi connectivity index (χ1n) is 9.18. The number of benzene rings is 1. The van der Waals surface area contributed by atoms with Crippen molar-refractivity contribution in [3.05, 3.63) is 41.6 Å². The van der Waals surface area contributed by atoms with E-state index in [9.17, 15) is 4.79 Å². The normalized spacial score (nSPS) is 13.1. The van der Waals surface area contributed by atoms with Crippen LogP contribution < -0.4 is 15.2 Å². The van der Waals surface area contributed by atoms with Crippen molar-refractivity contribution in [3.63, 3.8) is 0 Å².